The van der Waals surface area contributed by atoms with E-state index in [0.29, 0.717) is 32.5 Å². The lowest BCUT2D eigenvalue weighted by molar-refractivity contribution is -0.134. The summed E-state index contributed by atoms with van der Waals surface area (Å²) in [6.07, 6.45) is 2.19. The highest BCUT2D eigenvalue weighted by Gasteiger charge is 2.26. The second kappa shape index (κ2) is 7.48. The third-order valence-electron chi connectivity index (χ3n) is 5.44. The van der Waals surface area contributed by atoms with Gasteiger partial charge in [0.15, 0.2) is 0 Å². The zero-order valence-electron chi connectivity index (χ0n) is 15.6. The lowest BCUT2D eigenvalue weighted by Crippen LogP contribution is -2.42. The van der Waals surface area contributed by atoms with Crippen molar-refractivity contribution in [2.24, 2.45) is 5.92 Å². The Labute approximate surface area is 152 Å². The van der Waals surface area contributed by atoms with Crippen LogP contribution in [0.2, 0.25) is 0 Å². The molecule has 6 heteroatoms. The number of benzene rings is 1. The van der Waals surface area contributed by atoms with Gasteiger partial charge in [-0.15, -0.1) is 0 Å². The number of aromatic amines is 1. The molecule has 2 N–H and O–H groups in total. The van der Waals surface area contributed by atoms with E-state index in [9.17, 15) is 14.0 Å². The molecule has 0 atom stereocenters. The van der Waals surface area contributed by atoms with Gasteiger partial charge in [-0.3, -0.25) is 9.59 Å². The Morgan fingerprint density at radius 3 is 2.62 bits per heavy atom. The maximum Gasteiger partial charge on any atom is 0.223 e. The number of piperidine rings is 1. The predicted molar refractivity (Wildman–Crippen MR) is 99.2 cm³/mol. The lowest BCUT2D eigenvalue weighted by atomic mass is 9.95. The van der Waals surface area contributed by atoms with Crippen molar-refractivity contribution < 1.29 is 14.0 Å². The third-order valence-corrected chi connectivity index (χ3v) is 5.44. The maximum absolute atomic E-state index is 14.0. The lowest BCUT2D eigenvalue weighted by Gasteiger charge is -2.30. The number of carbonyl (C=O) groups excluding carboxylic acids is 2. The summed E-state index contributed by atoms with van der Waals surface area (Å²) in [5.74, 6) is -0.350. The fourth-order valence-electron chi connectivity index (χ4n) is 3.79. The molecule has 1 aromatic heterocycles. The highest BCUT2D eigenvalue weighted by molar-refractivity contribution is 5.88. The van der Waals surface area contributed by atoms with Gasteiger partial charge in [0.2, 0.25) is 11.8 Å². The molecule has 2 aromatic rings. The predicted octanol–water partition coefficient (Wildman–Crippen LogP) is 3.05. The zero-order valence-corrected chi connectivity index (χ0v) is 15.6. The number of hydrogen-bond donors (Lipinski definition) is 2. The molecule has 2 amide bonds. The second-order valence-electron chi connectivity index (χ2n) is 7.07. The molecule has 1 fully saturated rings. The molecule has 0 radical (unpaired) electrons. The van der Waals surface area contributed by atoms with Crippen LogP contribution in [-0.4, -0.2) is 34.8 Å². The average Bonchev–Trinajstić information content (AvgIpc) is 2.95. The summed E-state index contributed by atoms with van der Waals surface area (Å²) in [5, 5.41) is 3.83. The standard InChI is InChI=1S/C20H26FN3O2/c1-4-18-12(2)17-10-16(21)9-15(19(17)23-18)11-22-20(26)14-5-7-24(8-6-14)13(3)25/h9-10,14,23H,4-8,11H2,1-3H3,(H,22,26). The van der Waals surface area contributed by atoms with Gasteiger partial charge in [-0.25, -0.2) is 4.39 Å². The van der Waals surface area contributed by atoms with Crippen LogP contribution in [-0.2, 0) is 22.6 Å². The van der Waals surface area contributed by atoms with Crippen LogP contribution in [0.3, 0.4) is 0 Å². The van der Waals surface area contributed by atoms with Crippen molar-refractivity contribution in [3.05, 3.63) is 34.8 Å². The Balaban J connectivity index is 1.70. The van der Waals surface area contributed by atoms with Crippen molar-refractivity contribution in [1.82, 2.24) is 15.2 Å². The quantitative estimate of drug-likeness (QED) is 0.881. The first-order valence-corrected chi connectivity index (χ1v) is 9.23. The number of H-pyrrole nitrogens is 1. The number of likely N-dealkylation sites (tertiary alicyclic amines) is 1. The summed E-state index contributed by atoms with van der Waals surface area (Å²) in [5.41, 5.74) is 3.81. The summed E-state index contributed by atoms with van der Waals surface area (Å²) < 4.78 is 14.0. The number of carbonyl (C=O) groups is 2. The van der Waals surface area contributed by atoms with Crippen LogP contribution in [0.1, 0.15) is 43.5 Å². The number of fused-ring (bicyclic) bond motifs is 1. The number of aromatic nitrogens is 1. The fourth-order valence-corrected chi connectivity index (χ4v) is 3.79. The van der Waals surface area contributed by atoms with Crippen LogP contribution in [0, 0.1) is 18.7 Å². The number of nitrogens with zero attached hydrogens (tertiary/aromatic N) is 1. The Morgan fingerprint density at radius 2 is 2.00 bits per heavy atom. The molecule has 26 heavy (non-hydrogen) atoms. The molecule has 0 aliphatic carbocycles. The van der Waals surface area contributed by atoms with Gasteiger partial charge in [0, 0.05) is 43.6 Å². The van der Waals surface area contributed by atoms with Crippen LogP contribution in [0.25, 0.3) is 10.9 Å². The number of nitrogens with one attached hydrogen (secondary N) is 2. The smallest absolute Gasteiger partial charge is 0.223 e. The van der Waals surface area contributed by atoms with E-state index >= 15 is 0 Å². The van der Waals surface area contributed by atoms with Crippen molar-refractivity contribution in [2.75, 3.05) is 13.1 Å². The number of hydrogen-bond acceptors (Lipinski definition) is 2. The molecular formula is C20H26FN3O2. The van der Waals surface area contributed by atoms with E-state index in [2.05, 4.69) is 17.2 Å². The molecule has 0 unspecified atom stereocenters. The van der Waals surface area contributed by atoms with E-state index in [-0.39, 0.29) is 23.5 Å². The number of aryl methyl sites for hydroxylation is 2. The summed E-state index contributed by atoms with van der Waals surface area (Å²) in [4.78, 5) is 29.0. The molecule has 1 aliphatic rings. The Hall–Kier alpha value is -2.37. The SMILES string of the molecule is CCc1[nH]c2c(CNC(=O)C3CCN(C(C)=O)CC3)cc(F)cc2c1C. The summed E-state index contributed by atoms with van der Waals surface area (Å²) in [7, 11) is 0. The Kier molecular flexibility index (Phi) is 5.30. The van der Waals surface area contributed by atoms with Gasteiger partial charge in [0.05, 0.1) is 5.52 Å². The van der Waals surface area contributed by atoms with Crippen molar-refractivity contribution >= 4 is 22.7 Å². The molecule has 0 bridgehead atoms. The highest BCUT2D eigenvalue weighted by Crippen LogP contribution is 2.26. The van der Waals surface area contributed by atoms with Gasteiger partial charge < -0.3 is 15.2 Å². The van der Waals surface area contributed by atoms with Crippen molar-refractivity contribution in [1.29, 1.82) is 0 Å². The second-order valence-corrected chi connectivity index (χ2v) is 7.07. The number of amides is 2. The minimum Gasteiger partial charge on any atom is -0.358 e. The molecule has 1 aromatic carbocycles. The third kappa shape index (κ3) is 3.59. The number of rotatable bonds is 4. The van der Waals surface area contributed by atoms with Crippen LogP contribution >= 0.6 is 0 Å². The topological polar surface area (TPSA) is 65.2 Å². The van der Waals surface area contributed by atoms with Crippen LogP contribution < -0.4 is 5.32 Å². The molecule has 2 heterocycles. The molecule has 1 aliphatic heterocycles. The van der Waals surface area contributed by atoms with Gasteiger partial charge in [0.1, 0.15) is 5.82 Å². The molecule has 5 nitrogen and oxygen atoms in total. The first kappa shape index (κ1) is 18.4. The molecule has 140 valence electrons. The van der Waals surface area contributed by atoms with Crippen molar-refractivity contribution in [2.45, 2.75) is 46.6 Å². The highest BCUT2D eigenvalue weighted by atomic mass is 19.1. The Morgan fingerprint density at radius 1 is 1.31 bits per heavy atom. The van der Waals surface area contributed by atoms with Crippen LogP contribution in [0.5, 0.6) is 0 Å². The summed E-state index contributed by atoms with van der Waals surface area (Å²) in [6.45, 7) is 7.13. The van der Waals surface area contributed by atoms with Gasteiger partial charge in [0.25, 0.3) is 0 Å². The van der Waals surface area contributed by atoms with E-state index in [1.807, 2.05) is 6.92 Å². The van der Waals surface area contributed by atoms with E-state index < -0.39 is 0 Å². The monoisotopic (exact) mass is 359 g/mol. The average molecular weight is 359 g/mol. The van der Waals surface area contributed by atoms with Gasteiger partial charge in [-0.05, 0) is 49.4 Å². The first-order valence-electron chi connectivity index (χ1n) is 9.23. The molecule has 1 saturated heterocycles. The molecule has 0 spiro atoms. The largest absolute Gasteiger partial charge is 0.358 e. The van der Waals surface area contributed by atoms with E-state index in [1.54, 1.807) is 17.9 Å². The van der Waals surface area contributed by atoms with Crippen molar-refractivity contribution in [3.63, 3.8) is 0 Å². The van der Waals surface area contributed by atoms with Crippen LogP contribution in [0.4, 0.5) is 4.39 Å². The van der Waals surface area contributed by atoms with E-state index in [4.69, 9.17) is 0 Å². The summed E-state index contributed by atoms with van der Waals surface area (Å²) >= 11 is 0. The normalized spacial score (nSPS) is 15.5. The molecule has 0 saturated carbocycles. The van der Waals surface area contributed by atoms with Gasteiger partial charge in [-0.2, -0.15) is 0 Å². The van der Waals surface area contributed by atoms with Gasteiger partial charge in [-0.1, -0.05) is 6.92 Å². The summed E-state index contributed by atoms with van der Waals surface area (Å²) in [6, 6.07) is 3.03. The molecule has 3 rings (SSSR count). The maximum atomic E-state index is 14.0. The minimum atomic E-state index is -0.290. The first-order chi connectivity index (χ1) is 12.4. The van der Waals surface area contributed by atoms with E-state index in [1.165, 1.54) is 6.07 Å². The van der Waals surface area contributed by atoms with E-state index in [0.717, 1.165) is 34.1 Å². The van der Waals surface area contributed by atoms with Gasteiger partial charge >= 0.3 is 0 Å². The fraction of sp³-hybridized carbons (Fsp3) is 0.500. The van der Waals surface area contributed by atoms with Crippen molar-refractivity contribution in [3.8, 4) is 0 Å². The molecular weight excluding hydrogens is 333 g/mol. The van der Waals surface area contributed by atoms with Crippen LogP contribution in [0.15, 0.2) is 12.1 Å². The Bertz CT molecular complexity index is 835. The zero-order chi connectivity index (χ0) is 18.8. The minimum absolute atomic E-state index is 0.0235. The number of halogens is 1.